The lowest BCUT2D eigenvalue weighted by Crippen LogP contribution is -2.32. The molecule has 2 aromatic carbocycles. The fourth-order valence-corrected chi connectivity index (χ4v) is 2.36. The Hall–Kier alpha value is -2.66. The zero-order valence-corrected chi connectivity index (χ0v) is 11.2. The number of nitrogens with zero attached hydrogens (tertiary/aromatic N) is 1. The average molecular weight is 282 g/mol. The van der Waals surface area contributed by atoms with Crippen LogP contribution in [0.3, 0.4) is 0 Å². The highest BCUT2D eigenvalue weighted by Crippen LogP contribution is 2.30. The standard InChI is InChI=1S/C16H14N2O3/c19-9-14(16(20)21)18-15-10-5-1-3-7-12(10)17-13-8-4-2-6-11(13)15/h1-8,14,19H,9H2,(H,17,18)(H,20,21). The Balaban J connectivity index is 2.27. The van der Waals surface area contributed by atoms with Crippen molar-refractivity contribution in [3.8, 4) is 0 Å². The molecule has 0 amide bonds. The van der Waals surface area contributed by atoms with Gasteiger partial charge in [-0.1, -0.05) is 36.4 Å². The minimum atomic E-state index is -1.09. The second-order valence-corrected chi connectivity index (χ2v) is 4.74. The zero-order chi connectivity index (χ0) is 14.8. The molecule has 1 unspecified atom stereocenters. The molecule has 0 spiro atoms. The Morgan fingerprint density at radius 2 is 1.57 bits per heavy atom. The number of rotatable bonds is 4. The van der Waals surface area contributed by atoms with Crippen molar-refractivity contribution in [3.05, 3.63) is 48.5 Å². The van der Waals surface area contributed by atoms with Gasteiger partial charge in [0.05, 0.1) is 23.3 Å². The van der Waals surface area contributed by atoms with E-state index in [2.05, 4.69) is 10.3 Å². The summed E-state index contributed by atoms with van der Waals surface area (Å²) < 4.78 is 0. The first-order chi connectivity index (χ1) is 10.2. The Kier molecular flexibility index (Phi) is 3.41. The SMILES string of the molecule is O=C(O)C(CO)Nc1c2ccccc2nc2ccccc12. The summed E-state index contributed by atoms with van der Waals surface area (Å²) in [4.78, 5) is 15.7. The molecule has 0 aliphatic rings. The number of aliphatic hydroxyl groups is 1. The van der Waals surface area contributed by atoms with Crippen LogP contribution in [0.1, 0.15) is 0 Å². The van der Waals surface area contributed by atoms with E-state index in [9.17, 15) is 9.90 Å². The summed E-state index contributed by atoms with van der Waals surface area (Å²) in [5.74, 6) is -1.09. The van der Waals surface area contributed by atoms with Crippen LogP contribution < -0.4 is 5.32 Å². The number of para-hydroxylation sites is 2. The predicted octanol–water partition coefficient (Wildman–Crippen LogP) is 2.25. The first kappa shape index (κ1) is 13.3. The van der Waals surface area contributed by atoms with Crippen LogP contribution >= 0.6 is 0 Å². The fraction of sp³-hybridized carbons (Fsp3) is 0.125. The molecule has 3 aromatic rings. The number of carbonyl (C=O) groups is 1. The molecule has 0 radical (unpaired) electrons. The predicted molar refractivity (Wildman–Crippen MR) is 81.4 cm³/mol. The van der Waals surface area contributed by atoms with Gasteiger partial charge in [0, 0.05) is 10.8 Å². The third kappa shape index (κ3) is 2.39. The molecule has 0 fully saturated rings. The van der Waals surface area contributed by atoms with Crippen molar-refractivity contribution < 1.29 is 15.0 Å². The summed E-state index contributed by atoms with van der Waals surface area (Å²) in [5.41, 5.74) is 2.24. The Bertz CT molecular complexity index is 763. The maximum Gasteiger partial charge on any atom is 0.328 e. The number of hydrogen-bond donors (Lipinski definition) is 3. The number of carboxylic acids is 1. The summed E-state index contributed by atoms with van der Waals surface area (Å²) in [6.45, 7) is -0.486. The molecule has 21 heavy (non-hydrogen) atoms. The number of aliphatic carboxylic acids is 1. The Labute approximate surface area is 120 Å². The van der Waals surface area contributed by atoms with E-state index in [4.69, 9.17) is 5.11 Å². The molecule has 1 atom stereocenters. The van der Waals surface area contributed by atoms with E-state index in [0.717, 1.165) is 21.8 Å². The number of aromatic nitrogens is 1. The van der Waals surface area contributed by atoms with Crippen molar-refractivity contribution in [3.63, 3.8) is 0 Å². The van der Waals surface area contributed by atoms with Crippen LogP contribution in [0.5, 0.6) is 0 Å². The zero-order valence-electron chi connectivity index (χ0n) is 11.2. The van der Waals surface area contributed by atoms with Crippen molar-refractivity contribution in [2.45, 2.75) is 6.04 Å². The van der Waals surface area contributed by atoms with Crippen molar-refractivity contribution >= 4 is 33.5 Å². The van der Waals surface area contributed by atoms with Gasteiger partial charge in [-0.05, 0) is 12.1 Å². The molecule has 3 rings (SSSR count). The van der Waals surface area contributed by atoms with Gasteiger partial charge in [0.15, 0.2) is 0 Å². The number of fused-ring (bicyclic) bond motifs is 2. The van der Waals surface area contributed by atoms with Crippen molar-refractivity contribution in [2.24, 2.45) is 0 Å². The van der Waals surface area contributed by atoms with Gasteiger partial charge in [-0.25, -0.2) is 9.78 Å². The van der Waals surface area contributed by atoms with Gasteiger partial charge < -0.3 is 15.5 Å². The molecule has 3 N–H and O–H groups in total. The molecule has 0 bridgehead atoms. The molecule has 106 valence electrons. The number of nitrogens with one attached hydrogen (secondary N) is 1. The topological polar surface area (TPSA) is 82.5 Å². The average Bonchev–Trinajstić information content (AvgIpc) is 2.51. The van der Waals surface area contributed by atoms with E-state index in [1.165, 1.54) is 0 Å². The van der Waals surface area contributed by atoms with Crippen LogP contribution in [0.4, 0.5) is 5.69 Å². The molecular weight excluding hydrogens is 268 g/mol. The van der Waals surface area contributed by atoms with Crippen molar-refractivity contribution in [1.29, 1.82) is 0 Å². The highest BCUT2D eigenvalue weighted by Gasteiger charge is 2.18. The summed E-state index contributed by atoms with van der Waals surface area (Å²) in [7, 11) is 0. The van der Waals surface area contributed by atoms with Crippen LogP contribution in [0, 0.1) is 0 Å². The lowest BCUT2D eigenvalue weighted by molar-refractivity contribution is -0.138. The molecule has 0 aliphatic carbocycles. The van der Waals surface area contributed by atoms with Crippen LogP contribution in [0.15, 0.2) is 48.5 Å². The van der Waals surface area contributed by atoms with Gasteiger partial charge in [-0.15, -0.1) is 0 Å². The number of anilines is 1. The number of aliphatic hydroxyl groups excluding tert-OH is 1. The third-order valence-electron chi connectivity index (χ3n) is 3.39. The monoisotopic (exact) mass is 282 g/mol. The summed E-state index contributed by atoms with van der Waals surface area (Å²) in [6, 6.07) is 14.0. The quantitative estimate of drug-likeness (QED) is 0.639. The fourth-order valence-electron chi connectivity index (χ4n) is 2.36. The van der Waals surface area contributed by atoms with E-state index in [0.29, 0.717) is 5.69 Å². The van der Waals surface area contributed by atoms with E-state index in [-0.39, 0.29) is 0 Å². The van der Waals surface area contributed by atoms with Crippen LogP contribution in [-0.4, -0.2) is 33.8 Å². The molecule has 5 heteroatoms. The first-order valence-corrected chi connectivity index (χ1v) is 6.58. The van der Waals surface area contributed by atoms with Gasteiger partial charge in [-0.3, -0.25) is 0 Å². The van der Waals surface area contributed by atoms with Gasteiger partial charge >= 0.3 is 5.97 Å². The maximum absolute atomic E-state index is 11.2. The lowest BCUT2D eigenvalue weighted by atomic mass is 10.1. The van der Waals surface area contributed by atoms with E-state index in [1.807, 2.05) is 48.5 Å². The highest BCUT2D eigenvalue weighted by atomic mass is 16.4. The van der Waals surface area contributed by atoms with Crippen molar-refractivity contribution in [2.75, 3.05) is 11.9 Å². The molecular formula is C16H14N2O3. The molecule has 5 nitrogen and oxygen atoms in total. The molecule has 1 heterocycles. The number of carboxylic acid groups (broad SMARTS) is 1. The summed E-state index contributed by atoms with van der Waals surface area (Å²) >= 11 is 0. The van der Waals surface area contributed by atoms with Crippen LogP contribution in [0.25, 0.3) is 21.8 Å². The van der Waals surface area contributed by atoms with Crippen LogP contribution in [-0.2, 0) is 4.79 Å². The molecule has 0 saturated heterocycles. The minimum absolute atomic E-state index is 0.486. The smallest absolute Gasteiger partial charge is 0.328 e. The van der Waals surface area contributed by atoms with E-state index in [1.54, 1.807) is 0 Å². The largest absolute Gasteiger partial charge is 0.480 e. The van der Waals surface area contributed by atoms with Gasteiger partial charge in [0.25, 0.3) is 0 Å². The summed E-state index contributed by atoms with van der Waals surface area (Å²) in [6.07, 6.45) is 0. The molecule has 0 aliphatic heterocycles. The first-order valence-electron chi connectivity index (χ1n) is 6.58. The second-order valence-electron chi connectivity index (χ2n) is 4.74. The van der Waals surface area contributed by atoms with Gasteiger partial charge in [-0.2, -0.15) is 0 Å². The number of benzene rings is 2. The normalized spacial score (nSPS) is 12.4. The van der Waals surface area contributed by atoms with E-state index >= 15 is 0 Å². The molecule has 0 saturated carbocycles. The Morgan fingerprint density at radius 1 is 1.05 bits per heavy atom. The minimum Gasteiger partial charge on any atom is -0.480 e. The second kappa shape index (κ2) is 5.38. The number of hydrogen-bond acceptors (Lipinski definition) is 4. The Morgan fingerprint density at radius 3 is 2.05 bits per heavy atom. The van der Waals surface area contributed by atoms with Crippen LogP contribution in [0.2, 0.25) is 0 Å². The molecule has 1 aromatic heterocycles. The summed E-state index contributed by atoms with van der Waals surface area (Å²) in [5, 5.41) is 23.0. The van der Waals surface area contributed by atoms with Gasteiger partial charge in [0.1, 0.15) is 6.04 Å². The lowest BCUT2D eigenvalue weighted by Gasteiger charge is -2.17. The maximum atomic E-state index is 11.2. The van der Waals surface area contributed by atoms with Crippen molar-refractivity contribution in [1.82, 2.24) is 4.98 Å². The highest BCUT2D eigenvalue weighted by molar-refractivity contribution is 6.08. The number of pyridine rings is 1. The van der Waals surface area contributed by atoms with E-state index < -0.39 is 18.6 Å². The third-order valence-corrected chi connectivity index (χ3v) is 3.39. The van der Waals surface area contributed by atoms with Gasteiger partial charge in [0.2, 0.25) is 0 Å².